The summed E-state index contributed by atoms with van der Waals surface area (Å²) in [5.41, 5.74) is 1.21. The van der Waals surface area contributed by atoms with Crippen LogP contribution in [0.1, 0.15) is 28.4 Å². The van der Waals surface area contributed by atoms with Gasteiger partial charge in [-0.15, -0.1) is 0 Å². The summed E-state index contributed by atoms with van der Waals surface area (Å²) in [6.07, 6.45) is -0.130. The minimum Gasteiger partial charge on any atom is -0.497 e. The number of methoxy groups -OCH3 is 1. The first-order valence-electron chi connectivity index (χ1n) is 6.31. The predicted molar refractivity (Wildman–Crippen MR) is 71.7 cm³/mol. The Bertz CT molecular complexity index is 649. The van der Waals surface area contributed by atoms with Gasteiger partial charge in [-0.1, -0.05) is 12.1 Å². The van der Waals surface area contributed by atoms with Gasteiger partial charge in [0, 0.05) is 0 Å². The normalized spacial score (nSPS) is 17.3. The lowest BCUT2D eigenvalue weighted by Crippen LogP contribution is -2.20. The molecule has 0 aliphatic carbocycles. The van der Waals surface area contributed by atoms with Gasteiger partial charge in [0.1, 0.15) is 23.4 Å². The molecule has 0 saturated carbocycles. The van der Waals surface area contributed by atoms with Crippen molar-refractivity contribution in [1.29, 1.82) is 0 Å². The zero-order chi connectivity index (χ0) is 14.1. The fraction of sp³-hybridized carbons (Fsp3) is 0.188. The lowest BCUT2D eigenvalue weighted by atomic mass is 9.96. The molecule has 20 heavy (non-hydrogen) atoms. The lowest BCUT2D eigenvalue weighted by Gasteiger charge is -2.25. The minimum atomic E-state index is -0.427. The van der Waals surface area contributed by atoms with Gasteiger partial charge in [-0.2, -0.15) is 0 Å². The van der Waals surface area contributed by atoms with Crippen molar-refractivity contribution in [3.8, 4) is 11.5 Å². The number of Topliss-reactive ketones (excluding diaryl/α,β-unsaturated/α-hetero) is 1. The number of benzene rings is 2. The van der Waals surface area contributed by atoms with Crippen molar-refractivity contribution < 1.29 is 18.7 Å². The third-order valence-electron chi connectivity index (χ3n) is 3.37. The van der Waals surface area contributed by atoms with Crippen LogP contribution in [0.4, 0.5) is 4.39 Å². The Balaban J connectivity index is 1.90. The van der Waals surface area contributed by atoms with E-state index in [0.29, 0.717) is 11.3 Å². The van der Waals surface area contributed by atoms with Crippen molar-refractivity contribution in [2.75, 3.05) is 7.11 Å². The molecule has 102 valence electrons. The molecular formula is C16H13FO3. The summed E-state index contributed by atoms with van der Waals surface area (Å²) < 4.78 is 24.0. The van der Waals surface area contributed by atoms with E-state index in [1.165, 1.54) is 18.2 Å². The Morgan fingerprint density at radius 2 is 1.95 bits per heavy atom. The van der Waals surface area contributed by atoms with Gasteiger partial charge >= 0.3 is 0 Å². The largest absolute Gasteiger partial charge is 0.497 e. The zero-order valence-electron chi connectivity index (χ0n) is 10.9. The number of carbonyl (C=O) groups excluding carboxylic acids is 1. The number of rotatable bonds is 2. The Kier molecular flexibility index (Phi) is 3.14. The van der Waals surface area contributed by atoms with Crippen LogP contribution >= 0.6 is 0 Å². The quantitative estimate of drug-likeness (QED) is 0.838. The van der Waals surface area contributed by atoms with Crippen molar-refractivity contribution >= 4 is 5.78 Å². The van der Waals surface area contributed by atoms with Crippen LogP contribution in [0.25, 0.3) is 0 Å². The standard InChI is InChI=1S/C16H13FO3/c1-19-12-5-2-10(3-6-12)16-9-14(18)13-8-11(17)4-7-15(13)20-16/h2-8,16H,9H2,1H3/t16-/m1/s1. The molecule has 3 nitrogen and oxygen atoms in total. The Morgan fingerprint density at radius 1 is 1.20 bits per heavy atom. The molecule has 3 rings (SSSR count). The molecule has 0 N–H and O–H groups in total. The number of carbonyl (C=O) groups is 1. The van der Waals surface area contributed by atoms with E-state index in [4.69, 9.17) is 9.47 Å². The van der Waals surface area contributed by atoms with Gasteiger partial charge in [0.05, 0.1) is 19.1 Å². The highest BCUT2D eigenvalue weighted by atomic mass is 19.1. The van der Waals surface area contributed by atoms with E-state index in [-0.39, 0.29) is 18.3 Å². The molecule has 0 fully saturated rings. The average Bonchev–Trinajstić information content (AvgIpc) is 2.48. The van der Waals surface area contributed by atoms with Gasteiger partial charge < -0.3 is 9.47 Å². The minimum absolute atomic E-state index is 0.105. The van der Waals surface area contributed by atoms with E-state index < -0.39 is 5.82 Å². The lowest BCUT2D eigenvalue weighted by molar-refractivity contribution is 0.0849. The van der Waals surface area contributed by atoms with Gasteiger partial charge in [-0.25, -0.2) is 4.39 Å². The van der Waals surface area contributed by atoms with Crippen molar-refractivity contribution in [3.05, 3.63) is 59.4 Å². The summed E-state index contributed by atoms with van der Waals surface area (Å²) in [4.78, 5) is 12.1. The van der Waals surface area contributed by atoms with Crippen LogP contribution in [0.15, 0.2) is 42.5 Å². The molecule has 1 aliphatic heterocycles. The summed E-state index contributed by atoms with van der Waals surface area (Å²) in [6, 6.07) is 11.4. The van der Waals surface area contributed by atoms with Crippen LogP contribution in [0, 0.1) is 5.82 Å². The Labute approximate surface area is 115 Å². The van der Waals surface area contributed by atoms with E-state index in [9.17, 15) is 9.18 Å². The van der Waals surface area contributed by atoms with E-state index >= 15 is 0 Å². The molecule has 0 aromatic heterocycles. The molecule has 0 radical (unpaired) electrons. The van der Waals surface area contributed by atoms with Crippen LogP contribution in [0.3, 0.4) is 0 Å². The predicted octanol–water partition coefficient (Wildman–Crippen LogP) is 3.54. The smallest absolute Gasteiger partial charge is 0.170 e. The molecule has 1 aliphatic rings. The molecule has 0 spiro atoms. The summed E-state index contributed by atoms with van der Waals surface area (Å²) in [6.45, 7) is 0. The highest BCUT2D eigenvalue weighted by Gasteiger charge is 2.27. The number of fused-ring (bicyclic) bond motifs is 1. The van der Waals surface area contributed by atoms with E-state index in [2.05, 4.69) is 0 Å². The molecular weight excluding hydrogens is 259 g/mol. The Hall–Kier alpha value is -2.36. The molecule has 2 aromatic carbocycles. The van der Waals surface area contributed by atoms with Crippen LogP contribution in [-0.4, -0.2) is 12.9 Å². The summed E-state index contributed by atoms with van der Waals surface area (Å²) >= 11 is 0. The zero-order valence-corrected chi connectivity index (χ0v) is 10.9. The summed E-state index contributed by atoms with van der Waals surface area (Å²) in [7, 11) is 1.60. The molecule has 0 amide bonds. The third kappa shape index (κ3) is 2.25. The van der Waals surface area contributed by atoms with Gasteiger partial charge in [-0.05, 0) is 35.9 Å². The fourth-order valence-electron chi connectivity index (χ4n) is 2.30. The number of hydrogen-bond donors (Lipinski definition) is 0. The maximum atomic E-state index is 13.1. The summed E-state index contributed by atoms with van der Waals surface area (Å²) in [5, 5.41) is 0. The van der Waals surface area contributed by atoms with Crippen LogP contribution in [-0.2, 0) is 0 Å². The monoisotopic (exact) mass is 272 g/mol. The first-order valence-corrected chi connectivity index (χ1v) is 6.31. The second kappa shape index (κ2) is 4.96. The maximum Gasteiger partial charge on any atom is 0.170 e. The molecule has 1 heterocycles. The van der Waals surface area contributed by atoms with Crippen molar-refractivity contribution in [2.24, 2.45) is 0 Å². The van der Waals surface area contributed by atoms with E-state index in [1.807, 2.05) is 24.3 Å². The van der Waals surface area contributed by atoms with E-state index in [1.54, 1.807) is 7.11 Å². The average molecular weight is 272 g/mol. The van der Waals surface area contributed by atoms with Crippen molar-refractivity contribution in [1.82, 2.24) is 0 Å². The molecule has 0 bridgehead atoms. The van der Waals surface area contributed by atoms with Gasteiger partial charge in [0.2, 0.25) is 0 Å². The number of ketones is 1. The van der Waals surface area contributed by atoms with Gasteiger partial charge in [-0.3, -0.25) is 4.79 Å². The molecule has 0 saturated heterocycles. The second-order valence-corrected chi connectivity index (χ2v) is 4.65. The topological polar surface area (TPSA) is 35.5 Å². The second-order valence-electron chi connectivity index (χ2n) is 4.65. The SMILES string of the molecule is COc1ccc([C@H]2CC(=O)c3cc(F)ccc3O2)cc1. The van der Waals surface area contributed by atoms with Crippen molar-refractivity contribution in [3.63, 3.8) is 0 Å². The molecule has 1 atom stereocenters. The first-order chi connectivity index (χ1) is 9.67. The fourth-order valence-corrected chi connectivity index (χ4v) is 2.30. The van der Waals surface area contributed by atoms with Crippen LogP contribution < -0.4 is 9.47 Å². The first kappa shape index (κ1) is 12.7. The number of hydrogen-bond acceptors (Lipinski definition) is 3. The van der Waals surface area contributed by atoms with Crippen molar-refractivity contribution in [2.45, 2.75) is 12.5 Å². The van der Waals surface area contributed by atoms with Gasteiger partial charge in [0.15, 0.2) is 5.78 Å². The van der Waals surface area contributed by atoms with E-state index in [0.717, 1.165) is 11.3 Å². The third-order valence-corrected chi connectivity index (χ3v) is 3.37. The molecule has 0 unspecified atom stereocenters. The summed E-state index contributed by atoms with van der Waals surface area (Å²) in [5.74, 6) is 0.650. The molecule has 2 aromatic rings. The Morgan fingerprint density at radius 3 is 2.65 bits per heavy atom. The van der Waals surface area contributed by atoms with Crippen LogP contribution in [0.5, 0.6) is 11.5 Å². The highest BCUT2D eigenvalue weighted by Crippen LogP contribution is 2.35. The number of halogens is 1. The maximum absolute atomic E-state index is 13.1. The van der Waals surface area contributed by atoms with Crippen LogP contribution in [0.2, 0.25) is 0 Å². The van der Waals surface area contributed by atoms with Gasteiger partial charge in [0.25, 0.3) is 0 Å². The molecule has 4 heteroatoms. The number of ether oxygens (including phenoxy) is 2. The highest BCUT2D eigenvalue weighted by molar-refractivity contribution is 6.00.